The van der Waals surface area contributed by atoms with E-state index in [1.165, 1.54) is 0 Å². The summed E-state index contributed by atoms with van der Waals surface area (Å²) in [6.07, 6.45) is 3.48. The first-order valence-corrected chi connectivity index (χ1v) is 7.02. The van der Waals surface area contributed by atoms with Crippen LogP contribution in [0.1, 0.15) is 15.4 Å². The molecule has 0 atom stereocenters. The quantitative estimate of drug-likeness (QED) is 0.797. The number of hydrogen-bond donors (Lipinski definition) is 1. The van der Waals surface area contributed by atoms with Crippen LogP contribution in [-0.2, 0) is 6.54 Å². The van der Waals surface area contributed by atoms with E-state index in [9.17, 15) is 5.26 Å². The summed E-state index contributed by atoms with van der Waals surface area (Å²) < 4.78 is 0. The second-order valence-corrected chi connectivity index (χ2v) is 5.69. The molecule has 0 aliphatic carbocycles. The van der Waals surface area contributed by atoms with Gasteiger partial charge in [0.1, 0.15) is 6.07 Å². The monoisotopic (exact) mass is 280 g/mol. The molecule has 0 fully saturated rings. The summed E-state index contributed by atoms with van der Waals surface area (Å²) in [7, 11) is 0. The van der Waals surface area contributed by atoms with E-state index in [1.807, 2.05) is 37.4 Å². The lowest BCUT2D eigenvalue weighted by Gasteiger charge is -2.10. The smallest absolute Gasteiger partial charge is 0.103 e. The van der Waals surface area contributed by atoms with Gasteiger partial charge in [-0.3, -0.25) is 4.98 Å². The van der Waals surface area contributed by atoms with Gasteiger partial charge in [-0.05, 0) is 13.0 Å². The van der Waals surface area contributed by atoms with Crippen LogP contribution in [0.25, 0.3) is 10.9 Å². The molecule has 0 aliphatic rings. The molecule has 1 aromatic carbocycles. The van der Waals surface area contributed by atoms with Crippen LogP contribution in [0.5, 0.6) is 0 Å². The first-order chi connectivity index (χ1) is 9.78. The molecular formula is C15H12N4S. The Morgan fingerprint density at radius 3 is 2.85 bits per heavy atom. The lowest BCUT2D eigenvalue weighted by atomic mass is 10.1. The molecule has 3 rings (SSSR count). The number of hydrogen-bond acceptors (Lipinski definition) is 5. The van der Waals surface area contributed by atoms with Crippen molar-refractivity contribution >= 4 is 27.9 Å². The fourth-order valence-corrected chi connectivity index (χ4v) is 2.81. The number of para-hydroxylation sites is 1. The average molecular weight is 280 g/mol. The van der Waals surface area contributed by atoms with Gasteiger partial charge in [-0.25, -0.2) is 4.98 Å². The molecule has 4 nitrogen and oxygen atoms in total. The topological polar surface area (TPSA) is 61.6 Å². The van der Waals surface area contributed by atoms with Gasteiger partial charge in [0.2, 0.25) is 0 Å². The first-order valence-electron chi connectivity index (χ1n) is 6.21. The molecular weight excluding hydrogens is 268 g/mol. The Morgan fingerprint density at radius 1 is 1.25 bits per heavy atom. The third-order valence-corrected chi connectivity index (χ3v) is 3.92. The summed E-state index contributed by atoms with van der Waals surface area (Å²) in [4.78, 5) is 9.68. The minimum absolute atomic E-state index is 0.560. The van der Waals surface area contributed by atoms with E-state index in [1.54, 1.807) is 17.5 Å². The molecule has 0 saturated carbocycles. The van der Waals surface area contributed by atoms with Crippen molar-refractivity contribution in [3.63, 3.8) is 0 Å². The number of fused-ring (bicyclic) bond motifs is 1. The zero-order chi connectivity index (χ0) is 13.9. The number of nitrogens with zero attached hydrogens (tertiary/aromatic N) is 3. The fourth-order valence-electron chi connectivity index (χ4n) is 2.08. The van der Waals surface area contributed by atoms with Crippen molar-refractivity contribution in [3.05, 3.63) is 52.1 Å². The Hall–Kier alpha value is -2.45. The molecule has 2 aromatic heterocycles. The second-order valence-electron chi connectivity index (χ2n) is 4.37. The normalized spacial score (nSPS) is 10.4. The molecule has 0 saturated heterocycles. The molecule has 0 spiro atoms. The number of rotatable bonds is 3. The lowest BCUT2D eigenvalue weighted by molar-refractivity contribution is 1.16. The number of thiazole rings is 1. The van der Waals surface area contributed by atoms with E-state index < -0.39 is 0 Å². The van der Waals surface area contributed by atoms with Crippen LogP contribution in [0, 0.1) is 18.3 Å². The van der Waals surface area contributed by atoms with Gasteiger partial charge in [0.05, 0.1) is 28.3 Å². The maximum atomic E-state index is 9.24. The van der Waals surface area contributed by atoms with Gasteiger partial charge in [-0.1, -0.05) is 18.2 Å². The molecule has 0 unspecified atom stereocenters. The highest BCUT2D eigenvalue weighted by atomic mass is 32.1. The van der Waals surface area contributed by atoms with E-state index in [0.717, 1.165) is 26.5 Å². The van der Waals surface area contributed by atoms with Crippen LogP contribution < -0.4 is 5.32 Å². The Balaban J connectivity index is 1.98. The number of nitrogens with one attached hydrogen (secondary N) is 1. The van der Waals surface area contributed by atoms with Crippen molar-refractivity contribution in [2.45, 2.75) is 13.5 Å². The number of aryl methyl sites for hydroxylation is 1. The van der Waals surface area contributed by atoms with Gasteiger partial charge in [0.25, 0.3) is 0 Å². The number of benzene rings is 1. The Bertz CT molecular complexity index is 801. The number of aromatic nitrogens is 2. The summed E-state index contributed by atoms with van der Waals surface area (Å²) in [6.45, 7) is 2.64. The van der Waals surface area contributed by atoms with Gasteiger partial charge in [-0.15, -0.1) is 11.3 Å². The molecule has 98 valence electrons. The van der Waals surface area contributed by atoms with Crippen LogP contribution in [-0.4, -0.2) is 9.97 Å². The maximum absolute atomic E-state index is 9.24. The molecule has 3 aromatic rings. The van der Waals surface area contributed by atoms with E-state index in [-0.39, 0.29) is 0 Å². The van der Waals surface area contributed by atoms with Crippen molar-refractivity contribution in [1.82, 2.24) is 9.97 Å². The summed E-state index contributed by atoms with van der Waals surface area (Å²) >= 11 is 1.65. The molecule has 5 heteroatoms. The summed E-state index contributed by atoms with van der Waals surface area (Å²) in [5, 5.41) is 14.6. The first kappa shape index (κ1) is 12.6. The van der Waals surface area contributed by atoms with E-state index >= 15 is 0 Å². The predicted octanol–water partition coefficient (Wildman–Crippen LogP) is 3.48. The standard InChI is InChI=1S/C15H12N4S/c1-10-17-8-12(20-10)9-19-15-11(6-16)7-18-14-5-3-2-4-13(14)15/h2-5,7-8H,9H2,1H3,(H,18,19). The Morgan fingerprint density at radius 2 is 2.10 bits per heavy atom. The molecule has 0 bridgehead atoms. The minimum Gasteiger partial charge on any atom is -0.378 e. The van der Waals surface area contributed by atoms with Crippen molar-refractivity contribution in [2.24, 2.45) is 0 Å². The maximum Gasteiger partial charge on any atom is 0.103 e. The molecule has 1 N–H and O–H groups in total. The van der Waals surface area contributed by atoms with Gasteiger partial charge >= 0.3 is 0 Å². The molecule has 20 heavy (non-hydrogen) atoms. The summed E-state index contributed by atoms with van der Waals surface area (Å²) in [5.41, 5.74) is 2.28. The summed E-state index contributed by atoms with van der Waals surface area (Å²) in [6, 6.07) is 10.0. The van der Waals surface area contributed by atoms with E-state index in [0.29, 0.717) is 12.1 Å². The van der Waals surface area contributed by atoms with Crippen molar-refractivity contribution in [2.75, 3.05) is 5.32 Å². The van der Waals surface area contributed by atoms with Gasteiger partial charge in [0.15, 0.2) is 0 Å². The van der Waals surface area contributed by atoms with Crippen LogP contribution in [0.2, 0.25) is 0 Å². The third kappa shape index (κ3) is 2.33. The number of nitriles is 1. The molecule has 0 radical (unpaired) electrons. The lowest BCUT2D eigenvalue weighted by Crippen LogP contribution is -2.01. The predicted molar refractivity (Wildman–Crippen MR) is 80.6 cm³/mol. The summed E-state index contributed by atoms with van der Waals surface area (Å²) in [5.74, 6) is 0. The zero-order valence-corrected chi connectivity index (χ0v) is 11.7. The number of anilines is 1. The molecule has 0 amide bonds. The molecule has 2 heterocycles. The minimum atomic E-state index is 0.560. The average Bonchev–Trinajstić information content (AvgIpc) is 2.90. The largest absolute Gasteiger partial charge is 0.378 e. The van der Waals surface area contributed by atoms with Gasteiger partial charge in [0, 0.05) is 22.7 Å². The van der Waals surface area contributed by atoms with Crippen LogP contribution >= 0.6 is 11.3 Å². The highest BCUT2D eigenvalue weighted by Crippen LogP contribution is 2.26. The SMILES string of the molecule is Cc1ncc(CNc2c(C#N)cnc3ccccc23)s1. The van der Waals surface area contributed by atoms with Crippen molar-refractivity contribution < 1.29 is 0 Å². The highest BCUT2D eigenvalue weighted by molar-refractivity contribution is 7.11. The zero-order valence-electron chi connectivity index (χ0n) is 10.9. The van der Waals surface area contributed by atoms with Gasteiger partial charge in [-0.2, -0.15) is 5.26 Å². The van der Waals surface area contributed by atoms with E-state index in [4.69, 9.17) is 0 Å². The van der Waals surface area contributed by atoms with Crippen LogP contribution in [0.3, 0.4) is 0 Å². The Labute approximate surface area is 120 Å². The Kier molecular flexibility index (Phi) is 3.32. The van der Waals surface area contributed by atoms with Crippen LogP contribution in [0.15, 0.2) is 36.7 Å². The number of pyridine rings is 1. The third-order valence-electron chi connectivity index (χ3n) is 3.00. The van der Waals surface area contributed by atoms with Gasteiger partial charge < -0.3 is 5.32 Å². The van der Waals surface area contributed by atoms with Crippen LogP contribution in [0.4, 0.5) is 5.69 Å². The van der Waals surface area contributed by atoms with Crippen molar-refractivity contribution in [1.29, 1.82) is 5.26 Å². The van der Waals surface area contributed by atoms with E-state index in [2.05, 4.69) is 21.4 Å². The second kappa shape index (κ2) is 5.27. The fraction of sp³-hybridized carbons (Fsp3) is 0.133. The van der Waals surface area contributed by atoms with Crippen molar-refractivity contribution in [3.8, 4) is 6.07 Å². The molecule has 0 aliphatic heterocycles. The highest BCUT2D eigenvalue weighted by Gasteiger charge is 2.08.